The summed E-state index contributed by atoms with van der Waals surface area (Å²) in [6.45, 7) is 0. The van der Waals surface area contributed by atoms with E-state index >= 15 is 0 Å². The number of hydrogen-bond acceptors (Lipinski definition) is 6. The fourth-order valence-electron chi connectivity index (χ4n) is 3.48. The normalized spacial score (nSPS) is 30.1. The van der Waals surface area contributed by atoms with Crippen LogP contribution in [0.3, 0.4) is 0 Å². The highest BCUT2D eigenvalue weighted by Crippen LogP contribution is 2.36. The van der Waals surface area contributed by atoms with Gasteiger partial charge in [0.25, 0.3) is 0 Å². The predicted molar refractivity (Wildman–Crippen MR) is 70.5 cm³/mol. The molecule has 0 spiro atoms. The number of H-pyrrole nitrogens is 1. The second kappa shape index (κ2) is 4.97. The number of aromatic amines is 1. The summed E-state index contributed by atoms with van der Waals surface area (Å²) in [4.78, 5) is 8.48. The Labute approximate surface area is 116 Å². The topological polar surface area (TPSA) is 92.5 Å². The first-order chi connectivity index (χ1) is 9.90. The molecule has 3 atom stereocenters. The summed E-state index contributed by atoms with van der Waals surface area (Å²) >= 11 is 0. The van der Waals surface area contributed by atoms with Gasteiger partial charge in [-0.25, -0.2) is 4.98 Å². The Bertz CT molecular complexity index is 565. The second-order valence-electron chi connectivity index (χ2n) is 5.74. The van der Waals surface area contributed by atoms with Gasteiger partial charge in [0.15, 0.2) is 5.82 Å². The van der Waals surface area contributed by atoms with E-state index in [4.69, 9.17) is 4.52 Å². The zero-order chi connectivity index (χ0) is 13.4. The lowest BCUT2D eigenvalue weighted by Gasteiger charge is -2.39. The third kappa shape index (κ3) is 2.11. The van der Waals surface area contributed by atoms with Gasteiger partial charge in [-0.3, -0.25) is 5.10 Å². The van der Waals surface area contributed by atoms with E-state index in [1.54, 1.807) is 0 Å². The van der Waals surface area contributed by atoms with Gasteiger partial charge in [0.05, 0.1) is 6.04 Å². The Morgan fingerprint density at radius 3 is 3.00 bits per heavy atom. The maximum absolute atomic E-state index is 5.40. The van der Waals surface area contributed by atoms with Crippen LogP contribution in [0.25, 0.3) is 11.6 Å². The van der Waals surface area contributed by atoms with Crippen LogP contribution >= 0.6 is 0 Å². The molecule has 7 heteroatoms. The monoisotopic (exact) mass is 274 g/mol. The van der Waals surface area contributed by atoms with Crippen LogP contribution in [0.15, 0.2) is 10.9 Å². The first-order valence-corrected chi connectivity index (χ1v) is 7.35. The molecule has 1 saturated heterocycles. The van der Waals surface area contributed by atoms with Crippen LogP contribution in [0.2, 0.25) is 0 Å². The fraction of sp³-hybridized carbons (Fsp3) is 0.692. The molecule has 0 bridgehead atoms. The third-order valence-corrected chi connectivity index (χ3v) is 4.52. The van der Waals surface area contributed by atoms with Gasteiger partial charge in [0.1, 0.15) is 6.33 Å². The molecule has 2 aromatic rings. The lowest BCUT2D eigenvalue weighted by molar-refractivity contribution is 0.158. The van der Waals surface area contributed by atoms with Crippen LogP contribution in [0.1, 0.15) is 50.5 Å². The molecule has 4 rings (SSSR count). The van der Waals surface area contributed by atoms with Crippen molar-refractivity contribution in [3.8, 4) is 11.6 Å². The molecule has 0 aromatic carbocycles. The molecule has 2 aromatic heterocycles. The quantitative estimate of drug-likeness (QED) is 0.868. The molecule has 7 nitrogen and oxygen atoms in total. The maximum atomic E-state index is 5.40. The molecule has 20 heavy (non-hydrogen) atoms. The highest BCUT2D eigenvalue weighted by Gasteiger charge is 2.34. The van der Waals surface area contributed by atoms with Gasteiger partial charge in [0.2, 0.25) is 11.7 Å². The molecular weight excluding hydrogens is 256 g/mol. The van der Waals surface area contributed by atoms with Crippen molar-refractivity contribution in [1.29, 1.82) is 0 Å². The van der Waals surface area contributed by atoms with Crippen molar-refractivity contribution in [2.45, 2.75) is 50.6 Å². The van der Waals surface area contributed by atoms with E-state index in [0.717, 1.165) is 12.3 Å². The molecule has 3 unspecified atom stereocenters. The van der Waals surface area contributed by atoms with Gasteiger partial charge in [-0.05, 0) is 31.6 Å². The van der Waals surface area contributed by atoms with Crippen LogP contribution in [-0.2, 0) is 0 Å². The summed E-state index contributed by atoms with van der Waals surface area (Å²) < 4.78 is 5.40. The molecule has 106 valence electrons. The molecule has 1 aliphatic carbocycles. The summed E-state index contributed by atoms with van der Waals surface area (Å²) in [5.41, 5.74) is 0. The Kier molecular flexibility index (Phi) is 2.99. The number of nitrogens with one attached hydrogen (secondary N) is 2. The van der Waals surface area contributed by atoms with Gasteiger partial charge in [-0.1, -0.05) is 18.0 Å². The lowest BCUT2D eigenvalue weighted by atomic mass is 9.78. The van der Waals surface area contributed by atoms with Gasteiger partial charge in [0, 0.05) is 6.04 Å². The SMILES string of the molecule is c1n[nH]c(-c2noc(C3CCC4CCCCC4N3)n2)n1. The highest BCUT2D eigenvalue weighted by molar-refractivity contribution is 5.39. The molecule has 2 aliphatic rings. The number of aromatic nitrogens is 5. The first-order valence-electron chi connectivity index (χ1n) is 7.35. The zero-order valence-corrected chi connectivity index (χ0v) is 11.2. The van der Waals surface area contributed by atoms with E-state index in [1.807, 2.05) is 0 Å². The Hall–Kier alpha value is -1.76. The Balaban J connectivity index is 1.50. The van der Waals surface area contributed by atoms with Gasteiger partial charge >= 0.3 is 0 Å². The van der Waals surface area contributed by atoms with Crippen LogP contribution in [0, 0.1) is 5.92 Å². The van der Waals surface area contributed by atoms with Crippen molar-refractivity contribution in [3.63, 3.8) is 0 Å². The highest BCUT2D eigenvalue weighted by atomic mass is 16.5. The van der Waals surface area contributed by atoms with E-state index < -0.39 is 0 Å². The number of piperidine rings is 1. The van der Waals surface area contributed by atoms with Gasteiger partial charge in [-0.2, -0.15) is 10.1 Å². The summed E-state index contributed by atoms with van der Waals surface area (Å²) in [5.74, 6) is 2.52. The molecule has 0 radical (unpaired) electrons. The van der Waals surface area contributed by atoms with E-state index in [1.165, 1.54) is 38.4 Å². The van der Waals surface area contributed by atoms with Gasteiger partial charge in [-0.15, -0.1) is 0 Å². The molecule has 2 N–H and O–H groups in total. The molecule has 3 heterocycles. The second-order valence-corrected chi connectivity index (χ2v) is 5.74. The van der Waals surface area contributed by atoms with E-state index in [9.17, 15) is 0 Å². The van der Waals surface area contributed by atoms with Crippen molar-refractivity contribution in [1.82, 2.24) is 30.6 Å². The molecule has 1 aliphatic heterocycles. The number of hydrogen-bond donors (Lipinski definition) is 2. The number of fused-ring (bicyclic) bond motifs is 1. The summed E-state index contributed by atoms with van der Waals surface area (Å²) in [5, 5.41) is 14.2. The van der Waals surface area contributed by atoms with E-state index in [0.29, 0.717) is 23.6 Å². The minimum atomic E-state index is 0.179. The zero-order valence-electron chi connectivity index (χ0n) is 11.2. The maximum Gasteiger partial charge on any atom is 0.244 e. The molecule has 0 amide bonds. The van der Waals surface area contributed by atoms with Crippen molar-refractivity contribution < 1.29 is 4.52 Å². The minimum Gasteiger partial charge on any atom is -0.337 e. The lowest BCUT2D eigenvalue weighted by Crippen LogP contribution is -2.44. The largest absolute Gasteiger partial charge is 0.337 e. The van der Waals surface area contributed by atoms with E-state index in [-0.39, 0.29) is 6.04 Å². The van der Waals surface area contributed by atoms with Crippen LogP contribution < -0.4 is 5.32 Å². The fourth-order valence-corrected chi connectivity index (χ4v) is 3.48. The van der Waals surface area contributed by atoms with Crippen molar-refractivity contribution in [2.75, 3.05) is 0 Å². The van der Waals surface area contributed by atoms with E-state index in [2.05, 4.69) is 30.6 Å². The summed E-state index contributed by atoms with van der Waals surface area (Å²) in [7, 11) is 0. The average molecular weight is 274 g/mol. The van der Waals surface area contributed by atoms with Crippen molar-refractivity contribution in [3.05, 3.63) is 12.2 Å². The van der Waals surface area contributed by atoms with Crippen molar-refractivity contribution >= 4 is 0 Å². The molecular formula is C13H18N6O. The average Bonchev–Trinajstić information content (AvgIpc) is 3.17. The summed E-state index contributed by atoms with van der Waals surface area (Å²) in [6.07, 6.45) is 9.10. The smallest absolute Gasteiger partial charge is 0.244 e. The Morgan fingerprint density at radius 2 is 2.10 bits per heavy atom. The standard InChI is InChI=1S/C13H18N6O/c1-2-4-9-8(3-1)5-6-10(16-9)13-17-12(19-20-13)11-14-7-15-18-11/h7-10,16H,1-6H2,(H,14,15,18). The first kappa shape index (κ1) is 12.0. The van der Waals surface area contributed by atoms with Crippen molar-refractivity contribution in [2.24, 2.45) is 5.92 Å². The minimum absolute atomic E-state index is 0.179. The van der Waals surface area contributed by atoms with Crippen LogP contribution in [0.4, 0.5) is 0 Å². The van der Waals surface area contributed by atoms with Crippen LogP contribution in [0.5, 0.6) is 0 Å². The Morgan fingerprint density at radius 1 is 1.15 bits per heavy atom. The third-order valence-electron chi connectivity index (χ3n) is 4.52. The summed E-state index contributed by atoms with van der Waals surface area (Å²) in [6, 6.07) is 0.793. The molecule has 1 saturated carbocycles. The van der Waals surface area contributed by atoms with Gasteiger partial charge < -0.3 is 9.84 Å². The number of rotatable bonds is 2. The number of nitrogens with zero attached hydrogens (tertiary/aromatic N) is 4. The van der Waals surface area contributed by atoms with Crippen LogP contribution in [-0.4, -0.2) is 31.4 Å². The predicted octanol–water partition coefficient (Wildman–Crippen LogP) is 1.84. The molecule has 2 fully saturated rings.